The Morgan fingerprint density at radius 3 is 2.88 bits per heavy atom. The van der Waals surface area contributed by atoms with Crippen molar-refractivity contribution in [3.05, 3.63) is 28.8 Å². The van der Waals surface area contributed by atoms with Crippen LogP contribution in [0.1, 0.15) is 12.5 Å². The lowest BCUT2D eigenvalue weighted by Gasteiger charge is -2.20. The van der Waals surface area contributed by atoms with E-state index in [4.69, 9.17) is 22.1 Å². The van der Waals surface area contributed by atoms with Crippen molar-refractivity contribution >= 4 is 23.4 Å². The molecular formula is C12H15ClN2O2. The molecule has 1 amide bonds. The molecule has 2 rings (SSSR count). The number of anilines is 1. The molecule has 0 radical (unpaired) electrons. The predicted octanol–water partition coefficient (Wildman–Crippen LogP) is 2.32. The van der Waals surface area contributed by atoms with E-state index in [0.29, 0.717) is 18.1 Å². The lowest BCUT2D eigenvalue weighted by molar-refractivity contribution is 0.0789. The highest BCUT2D eigenvalue weighted by Crippen LogP contribution is 2.32. The van der Waals surface area contributed by atoms with Crippen molar-refractivity contribution in [3.63, 3.8) is 0 Å². The first kappa shape index (κ1) is 12.2. The van der Waals surface area contributed by atoms with Gasteiger partial charge in [0.1, 0.15) is 5.60 Å². The Bertz CT molecular complexity index is 464. The Hall–Kier alpha value is -1.26. The van der Waals surface area contributed by atoms with Gasteiger partial charge in [-0.25, -0.2) is 4.79 Å². The highest BCUT2D eigenvalue weighted by molar-refractivity contribution is 6.31. The smallest absolute Gasteiger partial charge is 0.415 e. The van der Waals surface area contributed by atoms with Crippen LogP contribution in [0.25, 0.3) is 0 Å². The van der Waals surface area contributed by atoms with Crippen LogP contribution in [0.3, 0.4) is 0 Å². The lowest BCUT2D eigenvalue weighted by atomic mass is 10.1. The fourth-order valence-electron chi connectivity index (χ4n) is 1.88. The summed E-state index contributed by atoms with van der Waals surface area (Å²) in [7, 11) is 0. The maximum atomic E-state index is 11.8. The first-order valence-electron chi connectivity index (χ1n) is 5.42. The molecule has 1 aliphatic heterocycles. The zero-order valence-corrected chi connectivity index (χ0v) is 10.6. The van der Waals surface area contributed by atoms with Crippen LogP contribution in [0.2, 0.25) is 5.02 Å². The number of hydrogen-bond donors (Lipinski definition) is 1. The second-order valence-corrected chi connectivity index (χ2v) is 4.90. The van der Waals surface area contributed by atoms with Gasteiger partial charge in [0.15, 0.2) is 0 Å². The van der Waals surface area contributed by atoms with E-state index in [1.807, 2.05) is 26.0 Å². The summed E-state index contributed by atoms with van der Waals surface area (Å²) in [5.74, 6) is 0. The van der Waals surface area contributed by atoms with Gasteiger partial charge in [0, 0.05) is 11.6 Å². The number of carbonyl (C=O) groups is 1. The summed E-state index contributed by atoms with van der Waals surface area (Å²) in [5, 5.41) is 0.636. The summed E-state index contributed by atoms with van der Waals surface area (Å²) < 4.78 is 5.28. The molecule has 1 aromatic rings. The first-order chi connectivity index (χ1) is 7.97. The minimum atomic E-state index is -0.619. The van der Waals surface area contributed by atoms with Crippen molar-refractivity contribution in [1.29, 1.82) is 0 Å². The number of ether oxygens (including phenoxy) is 1. The van der Waals surface area contributed by atoms with Gasteiger partial charge in [-0.1, -0.05) is 17.7 Å². The third-order valence-electron chi connectivity index (χ3n) is 3.01. The number of halogens is 1. The van der Waals surface area contributed by atoms with Crippen LogP contribution in [0, 0.1) is 6.92 Å². The van der Waals surface area contributed by atoms with E-state index in [1.54, 1.807) is 11.0 Å². The van der Waals surface area contributed by atoms with Gasteiger partial charge in [0.2, 0.25) is 0 Å². The molecule has 0 spiro atoms. The second-order valence-electron chi connectivity index (χ2n) is 4.49. The van der Waals surface area contributed by atoms with Gasteiger partial charge in [0.25, 0.3) is 0 Å². The Balaban J connectivity index is 2.36. The fraction of sp³-hybridized carbons (Fsp3) is 0.417. The SMILES string of the molecule is Cc1c(Cl)cccc1N1CC(C)(CN)OC1=O. The zero-order valence-electron chi connectivity index (χ0n) is 9.87. The van der Waals surface area contributed by atoms with Gasteiger partial charge < -0.3 is 10.5 Å². The van der Waals surface area contributed by atoms with E-state index >= 15 is 0 Å². The van der Waals surface area contributed by atoms with Crippen LogP contribution >= 0.6 is 11.6 Å². The number of cyclic esters (lactones) is 1. The lowest BCUT2D eigenvalue weighted by Crippen LogP contribution is -2.38. The molecule has 1 unspecified atom stereocenters. The highest BCUT2D eigenvalue weighted by atomic mass is 35.5. The molecule has 92 valence electrons. The van der Waals surface area contributed by atoms with E-state index in [9.17, 15) is 4.79 Å². The molecule has 2 N–H and O–H groups in total. The molecule has 5 heteroatoms. The third kappa shape index (κ3) is 2.10. The van der Waals surface area contributed by atoms with Crippen LogP contribution in [0.4, 0.5) is 10.5 Å². The first-order valence-corrected chi connectivity index (χ1v) is 5.80. The van der Waals surface area contributed by atoms with Crippen LogP contribution in [-0.4, -0.2) is 24.8 Å². The Morgan fingerprint density at radius 1 is 1.59 bits per heavy atom. The molecular weight excluding hydrogens is 240 g/mol. The quantitative estimate of drug-likeness (QED) is 0.881. The van der Waals surface area contributed by atoms with Crippen LogP contribution in [0.15, 0.2) is 18.2 Å². The fourth-order valence-corrected chi connectivity index (χ4v) is 2.04. The van der Waals surface area contributed by atoms with E-state index in [1.165, 1.54) is 0 Å². The molecule has 0 aliphatic carbocycles. The summed E-state index contributed by atoms with van der Waals surface area (Å²) in [5.41, 5.74) is 6.63. The van der Waals surface area contributed by atoms with Crippen molar-refractivity contribution in [3.8, 4) is 0 Å². The third-order valence-corrected chi connectivity index (χ3v) is 3.42. The van der Waals surface area contributed by atoms with Gasteiger partial charge >= 0.3 is 6.09 Å². The van der Waals surface area contributed by atoms with Crippen molar-refractivity contribution < 1.29 is 9.53 Å². The summed E-state index contributed by atoms with van der Waals surface area (Å²) >= 11 is 6.04. The minimum absolute atomic E-state index is 0.300. The number of nitrogens with zero attached hydrogens (tertiary/aromatic N) is 1. The van der Waals surface area contributed by atoms with Gasteiger partial charge in [-0.15, -0.1) is 0 Å². The number of nitrogens with two attached hydrogens (primary N) is 1. The maximum Gasteiger partial charge on any atom is 0.415 e. The predicted molar refractivity (Wildman–Crippen MR) is 67.5 cm³/mol. The van der Waals surface area contributed by atoms with Crippen LogP contribution in [0.5, 0.6) is 0 Å². The molecule has 1 aromatic carbocycles. The van der Waals surface area contributed by atoms with Crippen molar-refractivity contribution in [1.82, 2.24) is 0 Å². The molecule has 0 saturated carbocycles. The molecule has 1 saturated heterocycles. The molecule has 1 fully saturated rings. The number of benzene rings is 1. The second kappa shape index (κ2) is 4.20. The summed E-state index contributed by atoms with van der Waals surface area (Å²) in [6.45, 7) is 4.45. The van der Waals surface area contributed by atoms with Gasteiger partial charge in [-0.05, 0) is 31.5 Å². The normalized spacial score (nSPS) is 24.0. The molecule has 0 aromatic heterocycles. The average molecular weight is 255 g/mol. The topological polar surface area (TPSA) is 55.6 Å². The molecule has 0 bridgehead atoms. The Kier molecular flexibility index (Phi) is 3.02. The molecule has 4 nitrogen and oxygen atoms in total. The number of amides is 1. The zero-order chi connectivity index (χ0) is 12.6. The number of carbonyl (C=O) groups excluding carboxylic acids is 1. The summed E-state index contributed by atoms with van der Waals surface area (Å²) in [4.78, 5) is 13.4. The van der Waals surface area contributed by atoms with E-state index in [-0.39, 0.29) is 6.09 Å². The maximum absolute atomic E-state index is 11.8. The van der Waals surface area contributed by atoms with Crippen molar-refractivity contribution in [2.45, 2.75) is 19.4 Å². The highest BCUT2D eigenvalue weighted by Gasteiger charge is 2.41. The molecule has 1 aliphatic rings. The average Bonchev–Trinajstić information content (AvgIpc) is 2.59. The van der Waals surface area contributed by atoms with Gasteiger partial charge in [-0.3, -0.25) is 4.90 Å². The van der Waals surface area contributed by atoms with E-state index < -0.39 is 5.60 Å². The monoisotopic (exact) mass is 254 g/mol. The Morgan fingerprint density at radius 2 is 2.29 bits per heavy atom. The largest absolute Gasteiger partial charge is 0.440 e. The van der Waals surface area contributed by atoms with Gasteiger partial charge in [0.05, 0.1) is 12.2 Å². The van der Waals surface area contributed by atoms with Crippen LogP contribution in [-0.2, 0) is 4.74 Å². The van der Waals surface area contributed by atoms with E-state index in [2.05, 4.69) is 0 Å². The van der Waals surface area contributed by atoms with Gasteiger partial charge in [-0.2, -0.15) is 0 Å². The summed E-state index contributed by atoms with van der Waals surface area (Å²) in [6.07, 6.45) is -0.372. The molecule has 1 atom stereocenters. The van der Waals surface area contributed by atoms with Crippen molar-refractivity contribution in [2.75, 3.05) is 18.0 Å². The number of hydrogen-bond acceptors (Lipinski definition) is 3. The number of rotatable bonds is 2. The molecule has 1 heterocycles. The van der Waals surface area contributed by atoms with E-state index in [0.717, 1.165) is 11.3 Å². The Labute approximate surface area is 105 Å². The minimum Gasteiger partial charge on any atom is -0.440 e. The summed E-state index contributed by atoms with van der Waals surface area (Å²) in [6, 6.07) is 5.46. The standard InChI is InChI=1S/C12H15ClN2O2/c1-8-9(13)4-3-5-10(8)15-7-12(2,6-14)17-11(15)16/h3-5H,6-7,14H2,1-2H3. The van der Waals surface area contributed by atoms with Crippen LogP contribution < -0.4 is 10.6 Å². The van der Waals surface area contributed by atoms with Crippen molar-refractivity contribution in [2.24, 2.45) is 5.73 Å². The molecule has 17 heavy (non-hydrogen) atoms.